The number of fused-ring (bicyclic) bond motifs is 1. The standard InChI is InChI=1S/C30H46O3/c1-5-6-7-8-9-10-11-12-13-14-15-16-20-25(2)33-29(31)30(3,32-4)28-24-19-22-26-21-17-18-23-27(26)28/h17-19,21-25H,5-16,20H2,1-4H3/t25-,30-/m0/s1. The minimum Gasteiger partial charge on any atom is -0.460 e. The Morgan fingerprint density at radius 2 is 1.36 bits per heavy atom. The molecule has 0 radical (unpaired) electrons. The number of rotatable bonds is 17. The van der Waals surface area contributed by atoms with Gasteiger partial charge in [0.05, 0.1) is 6.10 Å². The molecular formula is C30H46O3. The minimum atomic E-state index is -1.12. The number of hydrogen-bond donors (Lipinski definition) is 0. The third kappa shape index (κ3) is 8.77. The Balaban J connectivity index is 1.69. The Morgan fingerprint density at radius 3 is 1.97 bits per heavy atom. The van der Waals surface area contributed by atoms with Crippen LogP contribution in [0.4, 0.5) is 0 Å². The second kappa shape index (κ2) is 15.1. The fourth-order valence-electron chi connectivity index (χ4n) is 4.57. The quantitative estimate of drug-likeness (QED) is 0.177. The Hall–Kier alpha value is -1.87. The van der Waals surface area contributed by atoms with E-state index in [2.05, 4.69) is 19.1 Å². The number of esters is 1. The molecule has 2 atom stereocenters. The Bertz CT molecular complexity index is 810. The zero-order chi connectivity index (χ0) is 23.9. The van der Waals surface area contributed by atoms with Crippen LogP contribution >= 0.6 is 0 Å². The molecule has 0 aromatic heterocycles. The number of carbonyl (C=O) groups excluding carboxylic acids is 1. The minimum absolute atomic E-state index is 0.106. The van der Waals surface area contributed by atoms with Crippen molar-refractivity contribution in [3.63, 3.8) is 0 Å². The fraction of sp³-hybridized carbons (Fsp3) is 0.633. The van der Waals surface area contributed by atoms with E-state index >= 15 is 0 Å². The van der Waals surface area contributed by atoms with Crippen molar-refractivity contribution in [3.8, 4) is 0 Å². The molecule has 3 heteroatoms. The Morgan fingerprint density at radius 1 is 0.818 bits per heavy atom. The van der Waals surface area contributed by atoms with Crippen molar-refractivity contribution < 1.29 is 14.3 Å². The average molecular weight is 455 g/mol. The molecule has 0 N–H and O–H groups in total. The third-order valence-corrected chi connectivity index (χ3v) is 6.87. The van der Waals surface area contributed by atoms with E-state index in [1.807, 2.05) is 44.2 Å². The molecule has 184 valence electrons. The molecule has 0 aliphatic heterocycles. The van der Waals surface area contributed by atoms with Crippen LogP contribution in [0, 0.1) is 0 Å². The van der Waals surface area contributed by atoms with Gasteiger partial charge in [-0.15, -0.1) is 0 Å². The van der Waals surface area contributed by atoms with Crippen LogP contribution in [0.3, 0.4) is 0 Å². The van der Waals surface area contributed by atoms with Crippen molar-refractivity contribution in [2.45, 2.75) is 116 Å². The molecule has 2 rings (SSSR count). The summed E-state index contributed by atoms with van der Waals surface area (Å²) in [6, 6.07) is 14.1. The lowest BCUT2D eigenvalue weighted by Crippen LogP contribution is -2.38. The summed E-state index contributed by atoms with van der Waals surface area (Å²) in [4.78, 5) is 13.1. The molecule has 33 heavy (non-hydrogen) atoms. The Kier molecular flexibility index (Phi) is 12.5. The molecule has 0 aliphatic rings. The van der Waals surface area contributed by atoms with Gasteiger partial charge in [-0.3, -0.25) is 0 Å². The highest BCUT2D eigenvalue weighted by Crippen LogP contribution is 2.33. The zero-order valence-electron chi connectivity index (χ0n) is 21.5. The maximum Gasteiger partial charge on any atom is 0.343 e. The van der Waals surface area contributed by atoms with E-state index in [-0.39, 0.29) is 12.1 Å². The van der Waals surface area contributed by atoms with E-state index in [9.17, 15) is 4.79 Å². The number of benzene rings is 2. The molecule has 2 aromatic rings. The van der Waals surface area contributed by atoms with Crippen LogP contribution in [0.5, 0.6) is 0 Å². The molecule has 0 unspecified atom stereocenters. The number of ether oxygens (including phenoxy) is 2. The largest absolute Gasteiger partial charge is 0.460 e. The predicted octanol–water partition coefficient (Wildman–Crippen LogP) is 8.72. The van der Waals surface area contributed by atoms with E-state index in [1.54, 1.807) is 7.11 Å². The van der Waals surface area contributed by atoms with Crippen LogP contribution in [-0.4, -0.2) is 19.2 Å². The van der Waals surface area contributed by atoms with Crippen LogP contribution in [0.25, 0.3) is 10.8 Å². The second-order valence-electron chi connectivity index (χ2n) is 9.66. The average Bonchev–Trinajstić information content (AvgIpc) is 2.83. The maximum atomic E-state index is 13.1. The van der Waals surface area contributed by atoms with Crippen molar-refractivity contribution in [2.24, 2.45) is 0 Å². The number of unbranched alkanes of at least 4 members (excludes halogenated alkanes) is 11. The van der Waals surface area contributed by atoms with E-state index < -0.39 is 5.60 Å². The van der Waals surface area contributed by atoms with Gasteiger partial charge in [0.25, 0.3) is 0 Å². The van der Waals surface area contributed by atoms with Gasteiger partial charge < -0.3 is 9.47 Å². The molecule has 0 aliphatic carbocycles. The van der Waals surface area contributed by atoms with Crippen LogP contribution < -0.4 is 0 Å². The SMILES string of the molecule is CCCCCCCCCCCCCC[C@H](C)OC(=O)[C@@](C)(OC)c1cccc2ccccc12. The van der Waals surface area contributed by atoms with Gasteiger partial charge in [0.1, 0.15) is 0 Å². The van der Waals surface area contributed by atoms with E-state index in [1.165, 1.54) is 70.6 Å². The first-order chi connectivity index (χ1) is 16.0. The Labute approximate surface area is 202 Å². The van der Waals surface area contributed by atoms with Gasteiger partial charge in [-0.2, -0.15) is 0 Å². The highest BCUT2D eigenvalue weighted by Gasteiger charge is 2.39. The van der Waals surface area contributed by atoms with E-state index in [4.69, 9.17) is 9.47 Å². The smallest absolute Gasteiger partial charge is 0.343 e. The summed E-state index contributed by atoms with van der Waals surface area (Å²) in [6.45, 7) is 6.08. The van der Waals surface area contributed by atoms with Gasteiger partial charge in [0, 0.05) is 12.7 Å². The summed E-state index contributed by atoms with van der Waals surface area (Å²) >= 11 is 0. The van der Waals surface area contributed by atoms with Crippen molar-refractivity contribution in [1.29, 1.82) is 0 Å². The summed E-state index contributed by atoms with van der Waals surface area (Å²) in [6.07, 6.45) is 16.8. The molecule has 3 nitrogen and oxygen atoms in total. The monoisotopic (exact) mass is 454 g/mol. The first-order valence-electron chi connectivity index (χ1n) is 13.3. The van der Waals surface area contributed by atoms with Crippen LogP contribution in [0.2, 0.25) is 0 Å². The molecule has 2 aromatic carbocycles. The van der Waals surface area contributed by atoms with Gasteiger partial charge in [-0.05, 0) is 37.5 Å². The first kappa shape index (κ1) is 27.4. The van der Waals surface area contributed by atoms with Crippen molar-refractivity contribution in [3.05, 3.63) is 48.0 Å². The van der Waals surface area contributed by atoms with Crippen molar-refractivity contribution >= 4 is 16.7 Å². The van der Waals surface area contributed by atoms with Crippen molar-refractivity contribution in [1.82, 2.24) is 0 Å². The topological polar surface area (TPSA) is 35.5 Å². The summed E-state index contributed by atoms with van der Waals surface area (Å²) in [5.74, 6) is -0.312. The van der Waals surface area contributed by atoms with Gasteiger partial charge in [-0.25, -0.2) is 4.79 Å². The third-order valence-electron chi connectivity index (χ3n) is 6.87. The second-order valence-corrected chi connectivity index (χ2v) is 9.66. The number of hydrogen-bond acceptors (Lipinski definition) is 3. The summed E-state index contributed by atoms with van der Waals surface area (Å²) < 4.78 is 11.6. The number of methoxy groups -OCH3 is 1. The van der Waals surface area contributed by atoms with Gasteiger partial charge in [0.15, 0.2) is 5.60 Å². The van der Waals surface area contributed by atoms with Crippen LogP contribution in [-0.2, 0) is 19.9 Å². The maximum absolute atomic E-state index is 13.1. The lowest BCUT2D eigenvalue weighted by Gasteiger charge is -2.29. The van der Waals surface area contributed by atoms with Gasteiger partial charge >= 0.3 is 5.97 Å². The van der Waals surface area contributed by atoms with E-state index in [0.717, 1.165) is 29.2 Å². The van der Waals surface area contributed by atoms with E-state index in [0.29, 0.717) is 0 Å². The molecule has 0 bridgehead atoms. The molecule has 0 saturated carbocycles. The molecular weight excluding hydrogens is 408 g/mol. The molecule has 0 fully saturated rings. The molecule has 0 heterocycles. The lowest BCUT2D eigenvalue weighted by molar-refractivity contribution is -0.173. The van der Waals surface area contributed by atoms with Gasteiger partial charge in [0.2, 0.25) is 0 Å². The molecule has 0 spiro atoms. The van der Waals surface area contributed by atoms with Crippen LogP contribution in [0.15, 0.2) is 42.5 Å². The van der Waals surface area contributed by atoms with Crippen LogP contribution in [0.1, 0.15) is 110 Å². The highest BCUT2D eigenvalue weighted by molar-refractivity contribution is 5.92. The molecule has 0 amide bonds. The fourth-order valence-corrected chi connectivity index (χ4v) is 4.57. The highest BCUT2D eigenvalue weighted by atomic mass is 16.6. The summed E-state index contributed by atoms with van der Waals surface area (Å²) in [7, 11) is 1.58. The first-order valence-corrected chi connectivity index (χ1v) is 13.3. The van der Waals surface area contributed by atoms with Crippen molar-refractivity contribution in [2.75, 3.05) is 7.11 Å². The summed E-state index contributed by atoms with van der Waals surface area (Å²) in [5, 5.41) is 2.12. The zero-order valence-corrected chi connectivity index (χ0v) is 21.5. The summed E-state index contributed by atoms with van der Waals surface area (Å²) in [5.41, 5.74) is -0.267. The normalized spacial score (nSPS) is 14.2. The lowest BCUT2D eigenvalue weighted by atomic mass is 9.90. The number of carbonyl (C=O) groups is 1. The predicted molar refractivity (Wildman–Crippen MR) is 140 cm³/mol. The van der Waals surface area contributed by atoms with Gasteiger partial charge in [-0.1, -0.05) is 120 Å². The molecule has 0 saturated heterocycles.